The van der Waals surface area contributed by atoms with E-state index in [1.807, 2.05) is 0 Å². The fourth-order valence-electron chi connectivity index (χ4n) is 4.40. The molecule has 0 saturated heterocycles. The zero-order valence-corrected chi connectivity index (χ0v) is 21.4. The molecule has 2 nitrogen and oxygen atoms in total. The van der Waals surface area contributed by atoms with Gasteiger partial charge in [0.25, 0.3) is 8.32 Å². The second-order valence-electron chi connectivity index (χ2n) is 9.74. The van der Waals surface area contributed by atoms with Crippen molar-refractivity contribution < 1.29 is 9.22 Å². The minimum absolute atomic E-state index is 0.0466. The molecule has 0 rings (SSSR count). The molecule has 0 spiro atoms. The summed E-state index contributed by atoms with van der Waals surface area (Å²) < 4.78 is 6.52. The lowest BCUT2D eigenvalue weighted by molar-refractivity contribution is -0.130. The first kappa shape index (κ1) is 27.4. The lowest BCUT2D eigenvalue weighted by Gasteiger charge is -2.49. The molecule has 2 unspecified atom stereocenters. The molecule has 0 N–H and O–H groups in total. The first-order chi connectivity index (χ1) is 13.1. The van der Waals surface area contributed by atoms with Crippen molar-refractivity contribution in [3.8, 4) is 0 Å². The Morgan fingerprint density at radius 3 is 1.68 bits per heavy atom. The largest absolute Gasteiger partial charge is 0.515 e. The molecule has 0 amide bonds. The van der Waals surface area contributed by atoms with Gasteiger partial charge in [0.1, 0.15) is 0 Å². The molecular formula is C25H50O2Si. The van der Waals surface area contributed by atoms with Crippen LogP contribution < -0.4 is 0 Å². The van der Waals surface area contributed by atoms with Gasteiger partial charge < -0.3 is 4.43 Å². The van der Waals surface area contributed by atoms with E-state index in [2.05, 4.69) is 62.0 Å². The lowest BCUT2D eigenvalue weighted by atomic mass is 9.98. The molecule has 0 bridgehead atoms. The van der Waals surface area contributed by atoms with Crippen molar-refractivity contribution >= 4 is 14.3 Å². The lowest BCUT2D eigenvalue weighted by Crippen LogP contribution is -2.54. The van der Waals surface area contributed by atoms with E-state index in [0.29, 0.717) is 17.8 Å². The smallest absolute Gasteiger partial charge is 0.316 e. The average molecular weight is 411 g/mol. The Bertz CT molecular complexity index is 424. The van der Waals surface area contributed by atoms with Crippen molar-refractivity contribution in [3.63, 3.8) is 0 Å². The second-order valence-corrected chi connectivity index (χ2v) is 14.0. The van der Waals surface area contributed by atoms with E-state index in [0.717, 1.165) is 12.1 Å². The predicted octanol–water partition coefficient (Wildman–Crippen LogP) is 8.53. The molecule has 3 heteroatoms. The van der Waals surface area contributed by atoms with Gasteiger partial charge in [-0.2, -0.15) is 0 Å². The van der Waals surface area contributed by atoms with Gasteiger partial charge in [0.15, 0.2) is 0 Å². The summed E-state index contributed by atoms with van der Waals surface area (Å²) in [7, 11) is -2.36. The minimum Gasteiger partial charge on any atom is -0.515 e. The van der Waals surface area contributed by atoms with Gasteiger partial charge in [-0.05, 0) is 34.9 Å². The fraction of sp³-hybridized carbons (Fsp3) is 0.880. The molecule has 28 heavy (non-hydrogen) atoms. The maximum atomic E-state index is 12.6. The van der Waals surface area contributed by atoms with Gasteiger partial charge in [0, 0.05) is 6.08 Å². The highest BCUT2D eigenvalue weighted by Crippen LogP contribution is 2.52. The summed E-state index contributed by atoms with van der Waals surface area (Å²) in [6.45, 7) is 22.2. The summed E-state index contributed by atoms with van der Waals surface area (Å²) >= 11 is 0. The van der Waals surface area contributed by atoms with E-state index in [1.54, 1.807) is 0 Å². The summed E-state index contributed by atoms with van der Waals surface area (Å²) in [4.78, 5) is 12.6. The molecule has 0 radical (unpaired) electrons. The maximum absolute atomic E-state index is 12.6. The summed E-state index contributed by atoms with van der Waals surface area (Å²) in [5.74, 6) is 1.61. The molecule has 0 aromatic carbocycles. The third kappa shape index (κ3) is 8.04. The van der Waals surface area contributed by atoms with Crippen LogP contribution in [0.15, 0.2) is 12.7 Å². The number of hydrogen-bond donors (Lipinski definition) is 0. The van der Waals surface area contributed by atoms with Crippen LogP contribution in [0.4, 0.5) is 0 Å². The molecule has 0 aliphatic rings. The molecule has 0 fully saturated rings. The minimum atomic E-state index is -2.36. The SMILES string of the molecule is C=CC(=O)O[Si](CC(CC)CCCC)(CC(CC)CCCC)C(C)(C)C(C)C. The first-order valence-electron chi connectivity index (χ1n) is 12.0. The molecular weight excluding hydrogens is 360 g/mol. The van der Waals surface area contributed by atoms with E-state index in [-0.39, 0.29) is 11.0 Å². The molecule has 0 aromatic rings. The number of unbranched alkanes of at least 4 members (excludes halogenated alkanes) is 2. The Kier molecular flexibility index (Phi) is 13.3. The molecule has 0 aliphatic heterocycles. The van der Waals surface area contributed by atoms with Gasteiger partial charge in [-0.1, -0.05) is 113 Å². The van der Waals surface area contributed by atoms with Gasteiger partial charge in [-0.3, -0.25) is 0 Å². The highest BCUT2D eigenvalue weighted by molar-refractivity contribution is 6.78. The van der Waals surface area contributed by atoms with Crippen LogP contribution in [-0.2, 0) is 9.22 Å². The summed E-state index contributed by atoms with van der Waals surface area (Å²) in [5.41, 5.74) is 0. The van der Waals surface area contributed by atoms with Crippen LogP contribution in [0.1, 0.15) is 107 Å². The van der Waals surface area contributed by atoms with E-state index < -0.39 is 8.32 Å². The van der Waals surface area contributed by atoms with Gasteiger partial charge >= 0.3 is 5.97 Å². The van der Waals surface area contributed by atoms with Gasteiger partial charge in [0.05, 0.1) is 0 Å². The average Bonchev–Trinajstić information content (AvgIpc) is 2.67. The fourth-order valence-corrected chi connectivity index (χ4v) is 10.4. The molecule has 0 saturated carbocycles. The third-order valence-corrected chi connectivity index (χ3v) is 13.4. The standard InChI is InChI=1S/C25H50O2Si/c1-10-15-17-22(12-3)19-28(27-24(26)14-5,25(8,9)21(6)7)20-23(13-4)18-16-11-2/h14,21-23H,5,10-13,15-20H2,1-4,6-9H3. The quantitative estimate of drug-likeness (QED) is 0.188. The first-order valence-corrected chi connectivity index (χ1v) is 14.3. The predicted molar refractivity (Wildman–Crippen MR) is 127 cm³/mol. The Morgan fingerprint density at radius 2 is 1.39 bits per heavy atom. The van der Waals surface area contributed by atoms with Crippen LogP contribution in [0.3, 0.4) is 0 Å². The van der Waals surface area contributed by atoms with Crippen LogP contribution >= 0.6 is 0 Å². The monoisotopic (exact) mass is 410 g/mol. The number of carbonyl (C=O) groups is 1. The number of rotatable bonds is 16. The van der Waals surface area contributed by atoms with Gasteiger partial charge in [0.2, 0.25) is 0 Å². The summed E-state index contributed by atoms with van der Waals surface area (Å²) in [5, 5.41) is 0.0466. The Hall–Kier alpha value is -0.573. The number of hydrogen-bond acceptors (Lipinski definition) is 2. The molecule has 2 atom stereocenters. The van der Waals surface area contributed by atoms with Gasteiger partial charge in [-0.15, -0.1) is 0 Å². The van der Waals surface area contributed by atoms with Crippen molar-refractivity contribution in [2.45, 2.75) is 124 Å². The van der Waals surface area contributed by atoms with Crippen LogP contribution in [0.25, 0.3) is 0 Å². The summed E-state index contributed by atoms with van der Waals surface area (Å²) in [6, 6.07) is 2.22. The van der Waals surface area contributed by atoms with Crippen LogP contribution in [0, 0.1) is 17.8 Å². The highest BCUT2D eigenvalue weighted by Gasteiger charge is 2.54. The van der Waals surface area contributed by atoms with E-state index in [1.165, 1.54) is 57.4 Å². The topological polar surface area (TPSA) is 26.3 Å². The maximum Gasteiger partial charge on any atom is 0.316 e. The zero-order valence-electron chi connectivity index (χ0n) is 20.4. The van der Waals surface area contributed by atoms with Crippen LogP contribution in [0.5, 0.6) is 0 Å². The van der Waals surface area contributed by atoms with Crippen molar-refractivity contribution in [2.75, 3.05) is 0 Å². The Labute approximate surface area is 178 Å². The normalized spacial score (nSPS) is 16.5. The molecule has 166 valence electrons. The Balaban J connectivity index is 6.09. The third-order valence-electron chi connectivity index (χ3n) is 7.40. The second kappa shape index (κ2) is 13.6. The van der Waals surface area contributed by atoms with Gasteiger partial charge in [-0.25, -0.2) is 4.79 Å². The van der Waals surface area contributed by atoms with E-state index in [4.69, 9.17) is 4.43 Å². The van der Waals surface area contributed by atoms with Crippen molar-refractivity contribution in [1.82, 2.24) is 0 Å². The highest BCUT2D eigenvalue weighted by atomic mass is 28.4. The van der Waals surface area contributed by atoms with Crippen LogP contribution in [-0.4, -0.2) is 14.3 Å². The summed E-state index contributed by atoms with van der Waals surface area (Å²) in [6.07, 6.45) is 11.3. The Morgan fingerprint density at radius 1 is 0.964 bits per heavy atom. The van der Waals surface area contributed by atoms with Crippen molar-refractivity contribution in [2.24, 2.45) is 17.8 Å². The number of carbonyl (C=O) groups excluding carboxylic acids is 1. The molecule has 0 heterocycles. The van der Waals surface area contributed by atoms with Crippen molar-refractivity contribution in [3.05, 3.63) is 12.7 Å². The van der Waals surface area contributed by atoms with Crippen LogP contribution in [0.2, 0.25) is 17.1 Å². The molecule has 0 aromatic heterocycles. The van der Waals surface area contributed by atoms with E-state index >= 15 is 0 Å². The molecule has 0 aliphatic carbocycles. The zero-order chi connectivity index (χ0) is 21.8. The van der Waals surface area contributed by atoms with Crippen molar-refractivity contribution in [1.29, 1.82) is 0 Å². The van der Waals surface area contributed by atoms with E-state index in [9.17, 15) is 4.79 Å².